The van der Waals surface area contributed by atoms with Gasteiger partial charge in [0.15, 0.2) is 0 Å². The summed E-state index contributed by atoms with van der Waals surface area (Å²) in [6.07, 6.45) is -3.97. The van der Waals surface area contributed by atoms with Crippen molar-refractivity contribution < 1.29 is 41.3 Å². The van der Waals surface area contributed by atoms with Crippen LogP contribution < -0.4 is 19.7 Å². The van der Waals surface area contributed by atoms with Gasteiger partial charge in [-0.2, -0.15) is 0 Å². The Bertz CT molecular complexity index is 1050. The van der Waals surface area contributed by atoms with Gasteiger partial charge in [0.2, 0.25) is 5.91 Å². The number of hydrogen-bond donors (Lipinski definition) is 2. The zero-order valence-corrected chi connectivity index (χ0v) is 17.3. The van der Waals surface area contributed by atoms with Crippen molar-refractivity contribution >= 4 is 17.3 Å². The van der Waals surface area contributed by atoms with E-state index in [4.69, 9.17) is 4.74 Å². The highest BCUT2D eigenvalue weighted by Gasteiger charge is 2.35. The maximum Gasteiger partial charge on any atom is 0.573 e. The molecule has 1 fully saturated rings. The number of aliphatic hydroxyl groups is 1. The molecule has 0 aromatic heterocycles. The Kier molecular flexibility index (Phi) is 6.08. The Morgan fingerprint density at radius 2 is 1.79 bits per heavy atom. The van der Waals surface area contributed by atoms with Crippen LogP contribution in [-0.2, 0) is 11.2 Å². The standard InChI is InChI=1S/C22H21F5N2O4/c23-15-3-5-18(14-2-6-19(30)28-20(14)15)32-12-21(31)7-9-29(10-8-21)17-4-1-13(11-16(17)24)33-22(25,26)27/h1,3-5,11,31H,2,6-10,12H2,(H,28,30). The van der Waals surface area contributed by atoms with Gasteiger partial charge in [-0.15, -0.1) is 13.2 Å². The molecule has 2 N–H and O–H groups in total. The summed E-state index contributed by atoms with van der Waals surface area (Å²) in [6, 6.07) is 5.54. The number of amides is 1. The van der Waals surface area contributed by atoms with Crippen molar-refractivity contribution in [3.05, 3.63) is 47.5 Å². The summed E-state index contributed by atoms with van der Waals surface area (Å²) in [6.45, 7) is 0.398. The van der Waals surface area contributed by atoms with Crippen LogP contribution in [0.15, 0.2) is 30.3 Å². The van der Waals surface area contributed by atoms with Crippen molar-refractivity contribution in [2.75, 3.05) is 29.9 Å². The largest absolute Gasteiger partial charge is 0.573 e. The first-order valence-electron chi connectivity index (χ1n) is 10.3. The van der Waals surface area contributed by atoms with Crippen LogP contribution in [0.25, 0.3) is 0 Å². The molecule has 0 radical (unpaired) electrons. The maximum absolute atomic E-state index is 14.4. The molecule has 11 heteroatoms. The third-order valence-corrected chi connectivity index (χ3v) is 5.77. The molecule has 0 atom stereocenters. The number of carbonyl (C=O) groups is 1. The Balaban J connectivity index is 1.38. The molecule has 2 aromatic rings. The Labute approximate surface area is 185 Å². The number of carbonyl (C=O) groups excluding carboxylic acids is 1. The lowest BCUT2D eigenvalue weighted by Crippen LogP contribution is -2.48. The van der Waals surface area contributed by atoms with Crippen LogP contribution in [0.1, 0.15) is 24.8 Å². The molecule has 0 bridgehead atoms. The number of rotatable bonds is 5. The number of hydrogen-bond acceptors (Lipinski definition) is 5. The van der Waals surface area contributed by atoms with Crippen molar-refractivity contribution in [2.24, 2.45) is 0 Å². The van der Waals surface area contributed by atoms with Gasteiger partial charge >= 0.3 is 6.36 Å². The van der Waals surface area contributed by atoms with Gasteiger partial charge in [-0.25, -0.2) is 8.78 Å². The van der Waals surface area contributed by atoms with Crippen LogP contribution in [0.5, 0.6) is 11.5 Å². The minimum atomic E-state index is -4.91. The van der Waals surface area contributed by atoms with E-state index in [2.05, 4.69) is 10.1 Å². The van der Waals surface area contributed by atoms with Crippen molar-refractivity contribution in [3.63, 3.8) is 0 Å². The minimum Gasteiger partial charge on any atom is -0.490 e. The van der Waals surface area contributed by atoms with Crippen molar-refractivity contribution in [1.82, 2.24) is 0 Å². The summed E-state index contributed by atoms with van der Waals surface area (Å²) >= 11 is 0. The molecular weight excluding hydrogens is 451 g/mol. The average molecular weight is 472 g/mol. The van der Waals surface area contributed by atoms with Crippen molar-refractivity contribution in [2.45, 2.75) is 37.6 Å². The van der Waals surface area contributed by atoms with Crippen LogP contribution in [-0.4, -0.2) is 42.7 Å². The second kappa shape index (κ2) is 8.69. The molecule has 1 amide bonds. The molecule has 0 saturated carbocycles. The topological polar surface area (TPSA) is 71.0 Å². The zero-order chi connectivity index (χ0) is 23.8. The van der Waals surface area contributed by atoms with E-state index in [0.717, 1.165) is 6.07 Å². The molecule has 0 aliphatic carbocycles. The lowest BCUT2D eigenvalue weighted by Gasteiger charge is -2.39. The van der Waals surface area contributed by atoms with E-state index in [-0.39, 0.29) is 56.2 Å². The fourth-order valence-corrected chi connectivity index (χ4v) is 4.02. The highest BCUT2D eigenvalue weighted by Crippen LogP contribution is 2.36. The highest BCUT2D eigenvalue weighted by molar-refractivity contribution is 5.94. The molecule has 1 saturated heterocycles. The average Bonchev–Trinajstić information content (AvgIpc) is 2.74. The summed E-state index contributed by atoms with van der Waals surface area (Å²) < 4.78 is 74.8. The van der Waals surface area contributed by atoms with Gasteiger partial charge in [0.05, 0.1) is 11.4 Å². The number of halogens is 5. The van der Waals surface area contributed by atoms with E-state index < -0.39 is 29.3 Å². The molecule has 33 heavy (non-hydrogen) atoms. The molecule has 2 heterocycles. The quantitative estimate of drug-likeness (QED) is 0.640. The third-order valence-electron chi connectivity index (χ3n) is 5.77. The molecule has 2 aliphatic heterocycles. The van der Waals surface area contributed by atoms with Crippen LogP contribution >= 0.6 is 0 Å². The number of fused-ring (bicyclic) bond motifs is 1. The van der Waals surface area contributed by atoms with Gasteiger partial charge in [-0.1, -0.05) is 0 Å². The summed E-state index contributed by atoms with van der Waals surface area (Å²) in [4.78, 5) is 13.2. The van der Waals surface area contributed by atoms with Gasteiger partial charge < -0.3 is 24.8 Å². The SMILES string of the molecule is O=C1CCc2c(OCC3(O)CCN(c4ccc(OC(F)(F)F)cc4F)CC3)ccc(F)c2N1. The minimum absolute atomic E-state index is 0.0824. The van der Waals surface area contributed by atoms with Crippen molar-refractivity contribution in [3.8, 4) is 11.5 Å². The highest BCUT2D eigenvalue weighted by atomic mass is 19.4. The monoisotopic (exact) mass is 472 g/mol. The van der Waals surface area contributed by atoms with Crippen LogP contribution in [0, 0.1) is 11.6 Å². The third kappa shape index (κ3) is 5.29. The fraction of sp³-hybridized carbons (Fsp3) is 0.409. The van der Waals surface area contributed by atoms with Gasteiger partial charge in [-0.05, 0) is 43.5 Å². The molecular formula is C22H21F5N2O4. The smallest absolute Gasteiger partial charge is 0.490 e. The number of ether oxygens (including phenoxy) is 2. The first kappa shape index (κ1) is 23.1. The number of anilines is 2. The number of piperidine rings is 1. The predicted octanol–water partition coefficient (Wildman–Crippen LogP) is 4.16. The predicted molar refractivity (Wildman–Crippen MR) is 108 cm³/mol. The molecule has 4 rings (SSSR count). The van der Waals surface area contributed by atoms with Crippen LogP contribution in [0.2, 0.25) is 0 Å². The van der Waals surface area contributed by atoms with Crippen LogP contribution in [0.3, 0.4) is 0 Å². The number of nitrogens with one attached hydrogen (secondary N) is 1. The second-order valence-electron chi connectivity index (χ2n) is 8.11. The van der Waals surface area contributed by atoms with E-state index in [1.54, 1.807) is 4.90 Å². The lowest BCUT2D eigenvalue weighted by atomic mass is 9.92. The van der Waals surface area contributed by atoms with E-state index in [1.807, 2.05) is 0 Å². The van der Waals surface area contributed by atoms with E-state index >= 15 is 0 Å². The normalized spacial score (nSPS) is 17.9. The molecule has 0 unspecified atom stereocenters. The van der Waals surface area contributed by atoms with Crippen molar-refractivity contribution in [1.29, 1.82) is 0 Å². The summed E-state index contributed by atoms with van der Waals surface area (Å²) in [7, 11) is 0. The molecule has 178 valence electrons. The first-order chi connectivity index (χ1) is 15.5. The number of nitrogens with zero attached hydrogens (tertiary/aromatic N) is 1. The summed E-state index contributed by atoms with van der Waals surface area (Å²) in [5.74, 6) is -1.99. The Hall–Kier alpha value is -3.08. The van der Waals surface area contributed by atoms with Gasteiger partial charge in [-0.3, -0.25) is 4.79 Å². The summed E-state index contributed by atoms with van der Waals surface area (Å²) in [5.41, 5.74) is -0.514. The zero-order valence-electron chi connectivity index (χ0n) is 17.3. The Morgan fingerprint density at radius 1 is 1.06 bits per heavy atom. The van der Waals surface area contributed by atoms with Gasteiger partial charge in [0, 0.05) is 31.1 Å². The molecule has 0 spiro atoms. The van der Waals surface area contributed by atoms with Crippen LogP contribution in [0.4, 0.5) is 33.3 Å². The van der Waals surface area contributed by atoms with E-state index in [1.165, 1.54) is 18.2 Å². The fourth-order valence-electron chi connectivity index (χ4n) is 4.02. The molecule has 6 nitrogen and oxygen atoms in total. The van der Waals surface area contributed by atoms with E-state index in [9.17, 15) is 31.9 Å². The molecule has 2 aliphatic rings. The number of benzene rings is 2. The van der Waals surface area contributed by atoms with Gasteiger partial charge in [0.1, 0.15) is 35.3 Å². The number of alkyl halides is 3. The summed E-state index contributed by atoms with van der Waals surface area (Å²) in [5, 5.41) is 13.4. The first-order valence-corrected chi connectivity index (χ1v) is 10.3. The second-order valence-corrected chi connectivity index (χ2v) is 8.11. The maximum atomic E-state index is 14.4. The lowest BCUT2D eigenvalue weighted by molar-refractivity contribution is -0.274. The molecule has 2 aromatic carbocycles. The Morgan fingerprint density at radius 3 is 2.45 bits per heavy atom. The van der Waals surface area contributed by atoms with Gasteiger partial charge in [0.25, 0.3) is 0 Å². The van der Waals surface area contributed by atoms with E-state index in [0.29, 0.717) is 23.8 Å².